The molecule has 0 aliphatic rings. The minimum atomic E-state index is -4.53. The van der Waals surface area contributed by atoms with Gasteiger partial charge in [0.15, 0.2) is 6.10 Å². The largest absolute Gasteiger partial charge is 0.416 e. The molecule has 0 aromatic heterocycles. The Labute approximate surface area is 171 Å². The summed E-state index contributed by atoms with van der Waals surface area (Å²) in [6.45, 7) is 0. The summed E-state index contributed by atoms with van der Waals surface area (Å²) in [5, 5.41) is 12.8. The molecule has 0 heterocycles. The summed E-state index contributed by atoms with van der Waals surface area (Å²) in [4.78, 5) is 24.0. The topological polar surface area (TPSA) is 92.4 Å². The highest BCUT2D eigenvalue weighted by molar-refractivity contribution is 9.10. The molecule has 0 aliphatic heterocycles. The van der Waals surface area contributed by atoms with Gasteiger partial charge in [0.2, 0.25) is 5.91 Å². The van der Waals surface area contributed by atoms with E-state index in [0.29, 0.717) is 15.1 Å². The van der Waals surface area contributed by atoms with Crippen molar-refractivity contribution >= 4 is 39.3 Å². The zero-order valence-corrected chi connectivity index (χ0v) is 16.5. The lowest BCUT2D eigenvalue weighted by molar-refractivity contribution is -0.137. The van der Waals surface area contributed by atoms with Gasteiger partial charge in [-0.1, -0.05) is 39.7 Å². The van der Waals surface area contributed by atoms with E-state index in [2.05, 4.69) is 21.2 Å². The smallest absolute Gasteiger partial charge is 0.378 e. The number of aliphatic hydroxyl groups is 1. The second-order valence-electron chi connectivity index (χ2n) is 5.93. The third-order valence-corrected chi connectivity index (χ3v) is 4.90. The lowest BCUT2D eigenvalue weighted by Crippen LogP contribution is -2.47. The van der Waals surface area contributed by atoms with Gasteiger partial charge in [-0.25, -0.2) is 0 Å². The third kappa shape index (κ3) is 5.70. The maximum absolute atomic E-state index is 12.6. The van der Waals surface area contributed by atoms with Crippen LogP contribution >= 0.6 is 27.5 Å². The van der Waals surface area contributed by atoms with Crippen molar-refractivity contribution in [3.8, 4) is 0 Å². The van der Waals surface area contributed by atoms with Crippen LogP contribution in [0.15, 0.2) is 46.9 Å². The Bertz CT molecular complexity index is 875. The molecule has 4 N–H and O–H groups in total. The van der Waals surface area contributed by atoms with E-state index in [0.717, 1.165) is 24.3 Å². The van der Waals surface area contributed by atoms with Gasteiger partial charge in [-0.15, -0.1) is 0 Å². The standard InChI is InChI=1S/C18H15BrClF3N2O3/c19-13-6-5-12(20)7-10(13)8-14(16(24)27)25-17(28)15(26)9-1-3-11(4-2-9)18(21,22)23/h1-7,14-15,26H,8H2,(H2,24,27)(H,25,28)/t14-,15-/m0/s1. The second-order valence-corrected chi connectivity index (χ2v) is 7.22. The van der Waals surface area contributed by atoms with E-state index in [-0.39, 0.29) is 12.0 Å². The molecule has 0 bridgehead atoms. The maximum atomic E-state index is 12.6. The van der Waals surface area contributed by atoms with Crippen molar-refractivity contribution in [1.82, 2.24) is 5.32 Å². The minimum absolute atomic E-state index is 0.00193. The number of halogens is 5. The second kappa shape index (κ2) is 8.93. The van der Waals surface area contributed by atoms with Crippen molar-refractivity contribution in [1.29, 1.82) is 0 Å². The predicted molar refractivity (Wildman–Crippen MR) is 100 cm³/mol. The Morgan fingerprint density at radius 2 is 1.79 bits per heavy atom. The van der Waals surface area contributed by atoms with Crippen molar-refractivity contribution in [2.45, 2.75) is 24.7 Å². The molecule has 150 valence electrons. The number of amides is 2. The van der Waals surface area contributed by atoms with Crippen molar-refractivity contribution in [2.75, 3.05) is 0 Å². The molecule has 0 unspecified atom stereocenters. The Morgan fingerprint density at radius 1 is 1.18 bits per heavy atom. The highest BCUT2D eigenvalue weighted by Gasteiger charge is 2.31. The SMILES string of the molecule is NC(=O)[C@H](Cc1cc(Cl)ccc1Br)NC(=O)[C@@H](O)c1ccc(C(F)(F)F)cc1. The molecule has 2 amide bonds. The van der Waals surface area contributed by atoms with E-state index >= 15 is 0 Å². The van der Waals surface area contributed by atoms with Crippen LogP contribution in [0.4, 0.5) is 13.2 Å². The van der Waals surface area contributed by atoms with Crippen molar-refractivity contribution in [2.24, 2.45) is 5.73 Å². The first-order valence-corrected chi connectivity index (χ1v) is 9.05. The monoisotopic (exact) mass is 478 g/mol. The van der Waals surface area contributed by atoms with Crippen molar-refractivity contribution in [3.05, 3.63) is 68.7 Å². The molecule has 2 atom stereocenters. The molecule has 0 saturated carbocycles. The van der Waals surface area contributed by atoms with Gasteiger partial charge in [0.05, 0.1) is 5.56 Å². The zero-order chi connectivity index (χ0) is 21.1. The summed E-state index contributed by atoms with van der Waals surface area (Å²) in [5.41, 5.74) is 4.95. The number of primary amides is 1. The van der Waals surface area contributed by atoms with Crippen LogP contribution in [0.1, 0.15) is 22.8 Å². The summed E-state index contributed by atoms with van der Waals surface area (Å²) in [5.74, 6) is -1.82. The Morgan fingerprint density at radius 3 is 2.32 bits per heavy atom. The normalized spacial score (nSPS) is 13.6. The Kier molecular flexibility index (Phi) is 7.08. The highest BCUT2D eigenvalue weighted by atomic mass is 79.9. The zero-order valence-electron chi connectivity index (χ0n) is 14.1. The van der Waals surface area contributed by atoms with Gasteiger partial charge >= 0.3 is 6.18 Å². The quantitative estimate of drug-likeness (QED) is 0.593. The average molecular weight is 480 g/mol. The number of carbonyl (C=O) groups excluding carboxylic acids is 2. The number of alkyl halides is 3. The minimum Gasteiger partial charge on any atom is -0.378 e. The van der Waals surface area contributed by atoms with Crippen LogP contribution in [0, 0.1) is 0 Å². The fourth-order valence-electron chi connectivity index (χ4n) is 2.40. The van der Waals surface area contributed by atoms with E-state index in [1.165, 1.54) is 0 Å². The molecule has 0 fully saturated rings. The van der Waals surface area contributed by atoms with Gasteiger partial charge in [0.1, 0.15) is 6.04 Å². The van der Waals surface area contributed by atoms with Gasteiger partial charge in [-0.3, -0.25) is 9.59 Å². The summed E-state index contributed by atoms with van der Waals surface area (Å²) in [7, 11) is 0. The van der Waals surface area contributed by atoms with E-state index < -0.39 is 35.7 Å². The number of carbonyl (C=O) groups is 2. The molecule has 0 radical (unpaired) electrons. The van der Waals surface area contributed by atoms with E-state index in [9.17, 15) is 27.9 Å². The first kappa shape index (κ1) is 22.2. The number of rotatable bonds is 6. The Balaban J connectivity index is 2.13. The number of hydrogen-bond acceptors (Lipinski definition) is 3. The number of hydrogen-bond donors (Lipinski definition) is 3. The van der Waals surface area contributed by atoms with Gasteiger partial charge in [0.25, 0.3) is 5.91 Å². The number of nitrogens with one attached hydrogen (secondary N) is 1. The predicted octanol–water partition coefficient (Wildman–Crippen LogP) is 3.37. The fraction of sp³-hybridized carbons (Fsp3) is 0.222. The van der Waals surface area contributed by atoms with Gasteiger partial charge in [-0.2, -0.15) is 13.2 Å². The maximum Gasteiger partial charge on any atom is 0.416 e. The molecule has 0 spiro atoms. The van der Waals surface area contributed by atoms with Crippen molar-refractivity contribution < 1.29 is 27.9 Å². The first-order chi connectivity index (χ1) is 13.0. The highest BCUT2D eigenvalue weighted by Crippen LogP contribution is 2.30. The molecule has 5 nitrogen and oxygen atoms in total. The number of benzene rings is 2. The molecule has 2 aromatic carbocycles. The average Bonchev–Trinajstić information content (AvgIpc) is 2.62. The van der Waals surface area contributed by atoms with Crippen LogP contribution in [-0.4, -0.2) is 23.0 Å². The fourth-order valence-corrected chi connectivity index (χ4v) is 3.00. The molecular weight excluding hydrogens is 465 g/mol. The lowest BCUT2D eigenvalue weighted by Gasteiger charge is -2.19. The molecule has 10 heteroatoms. The van der Waals surface area contributed by atoms with Gasteiger partial charge in [-0.05, 0) is 41.5 Å². The number of nitrogens with two attached hydrogens (primary N) is 1. The molecule has 2 aromatic rings. The third-order valence-electron chi connectivity index (χ3n) is 3.89. The van der Waals surface area contributed by atoms with Crippen LogP contribution in [0.25, 0.3) is 0 Å². The van der Waals surface area contributed by atoms with E-state index in [1.54, 1.807) is 18.2 Å². The summed E-state index contributed by atoms with van der Waals surface area (Å²) < 4.78 is 38.4. The van der Waals surface area contributed by atoms with Crippen LogP contribution in [0.2, 0.25) is 5.02 Å². The molecule has 0 saturated heterocycles. The molecule has 2 rings (SSSR count). The van der Waals surface area contributed by atoms with Crippen molar-refractivity contribution in [3.63, 3.8) is 0 Å². The van der Waals surface area contributed by atoms with Crippen LogP contribution in [-0.2, 0) is 22.2 Å². The number of aliphatic hydroxyl groups excluding tert-OH is 1. The Hall–Kier alpha value is -2.10. The van der Waals surface area contributed by atoms with Gasteiger partial charge < -0.3 is 16.2 Å². The van der Waals surface area contributed by atoms with Crippen LogP contribution < -0.4 is 11.1 Å². The first-order valence-electron chi connectivity index (χ1n) is 7.88. The van der Waals surface area contributed by atoms with E-state index in [1.807, 2.05) is 0 Å². The lowest BCUT2D eigenvalue weighted by atomic mass is 10.0. The molecular formula is C18H15BrClF3N2O3. The summed E-state index contributed by atoms with van der Waals surface area (Å²) in [6, 6.07) is 7.18. The molecule has 0 aliphatic carbocycles. The summed E-state index contributed by atoms with van der Waals surface area (Å²) in [6.07, 6.45) is -6.30. The van der Waals surface area contributed by atoms with E-state index in [4.69, 9.17) is 17.3 Å². The molecule has 28 heavy (non-hydrogen) atoms. The van der Waals surface area contributed by atoms with Crippen LogP contribution in [0.5, 0.6) is 0 Å². The van der Waals surface area contributed by atoms with Gasteiger partial charge in [0, 0.05) is 15.9 Å². The summed E-state index contributed by atoms with van der Waals surface area (Å²) >= 11 is 9.21. The van der Waals surface area contributed by atoms with Crippen LogP contribution in [0.3, 0.4) is 0 Å².